The first-order valence-electron chi connectivity index (χ1n) is 8.43. The minimum atomic E-state index is -3.55. The second kappa shape index (κ2) is 7.97. The molecule has 2 N–H and O–H groups in total. The van der Waals surface area contributed by atoms with Crippen LogP contribution in [0.5, 0.6) is 0 Å². The summed E-state index contributed by atoms with van der Waals surface area (Å²) in [6, 6.07) is 5.66. The van der Waals surface area contributed by atoms with Crippen molar-refractivity contribution in [3.63, 3.8) is 0 Å². The molecule has 0 bridgehead atoms. The van der Waals surface area contributed by atoms with Gasteiger partial charge in [-0.15, -0.1) is 0 Å². The van der Waals surface area contributed by atoms with Crippen molar-refractivity contribution in [2.75, 3.05) is 13.1 Å². The van der Waals surface area contributed by atoms with Gasteiger partial charge in [0, 0.05) is 24.7 Å². The standard InChI is InChI=1S/C17H24N2O5S/c1-3-19(4-2)25(23,24)15-9-6-12(7-10-15)16(20)18-14-8-5-13(11-14)17(21)22/h6-7,9-10,13-14H,3-5,8,11H2,1-2H3,(H,18,20)(H,21,22)/t13-,14+/m1/s1. The van der Waals surface area contributed by atoms with E-state index < -0.39 is 21.9 Å². The van der Waals surface area contributed by atoms with E-state index >= 15 is 0 Å². The van der Waals surface area contributed by atoms with Crippen molar-refractivity contribution in [1.82, 2.24) is 9.62 Å². The Labute approximate surface area is 148 Å². The Balaban J connectivity index is 2.05. The van der Waals surface area contributed by atoms with Gasteiger partial charge in [-0.1, -0.05) is 13.8 Å². The molecule has 2 atom stereocenters. The first-order valence-corrected chi connectivity index (χ1v) is 9.87. The lowest BCUT2D eigenvalue weighted by Gasteiger charge is -2.18. The number of nitrogens with zero attached hydrogens (tertiary/aromatic N) is 1. The maximum atomic E-state index is 12.4. The van der Waals surface area contributed by atoms with Crippen LogP contribution in [0.3, 0.4) is 0 Å². The van der Waals surface area contributed by atoms with Crippen LogP contribution in [0.25, 0.3) is 0 Å². The van der Waals surface area contributed by atoms with E-state index in [4.69, 9.17) is 5.11 Å². The molecule has 0 aromatic heterocycles. The van der Waals surface area contributed by atoms with E-state index in [1.165, 1.54) is 28.6 Å². The topological polar surface area (TPSA) is 104 Å². The maximum Gasteiger partial charge on any atom is 0.306 e. The molecule has 0 saturated heterocycles. The molecule has 1 aromatic carbocycles. The van der Waals surface area contributed by atoms with Gasteiger partial charge in [-0.25, -0.2) is 8.42 Å². The highest BCUT2D eigenvalue weighted by atomic mass is 32.2. The fraction of sp³-hybridized carbons (Fsp3) is 0.529. The minimum absolute atomic E-state index is 0.152. The smallest absolute Gasteiger partial charge is 0.306 e. The summed E-state index contributed by atoms with van der Waals surface area (Å²) in [6.07, 6.45) is 1.62. The van der Waals surface area contributed by atoms with Crippen LogP contribution in [0.4, 0.5) is 0 Å². The van der Waals surface area contributed by atoms with Crippen LogP contribution in [0.15, 0.2) is 29.2 Å². The monoisotopic (exact) mass is 368 g/mol. The number of carboxylic acid groups (broad SMARTS) is 1. The maximum absolute atomic E-state index is 12.4. The van der Waals surface area contributed by atoms with Crippen LogP contribution in [-0.2, 0) is 14.8 Å². The Bertz CT molecular complexity index is 726. The van der Waals surface area contributed by atoms with Gasteiger partial charge in [-0.3, -0.25) is 9.59 Å². The Morgan fingerprint density at radius 1 is 1.16 bits per heavy atom. The van der Waals surface area contributed by atoms with E-state index in [0.29, 0.717) is 37.9 Å². The molecule has 1 aliphatic carbocycles. The SMILES string of the molecule is CCN(CC)S(=O)(=O)c1ccc(C(=O)N[C@H]2CC[C@@H](C(=O)O)C2)cc1. The molecule has 8 heteroatoms. The van der Waals surface area contributed by atoms with Gasteiger partial charge in [0.1, 0.15) is 0 Å². The Morgan fingerprint density at radius 3 is 2.24 bits per heavy atom. The number of amides is 1. The van der Waals surface area contributed by atoms with Crippen LogP contribution in [0, 0.1) is 5.92 Å². The molecule has 0 heterocycles. The first kappa shape index (κ1) is 19.4. The van der Waals surface area contributed by atoms with Gasteiger partial charge in [-0.05, 0) is 43.5 Å². The van der Waals surface area contributed by atoms with Crippen LogP contribution >= 0.6 is 0 Å². The number of carbonyl (C=O) groups is 2. The molecular weight excluding hydrogens is 344 g/mol. The third-order valence-electron chi connectivity index (χ3n) is 4.58. The molecule has 0 aliphatic heterocycles. The summed E-state index contributed by atoms with van der Waals surface area (Å²) in [5, 5.41) is 11.8. The second-order valence-corrected chi connectivity index (χ2v) is 8.07. The lowest BCUT2D eigenvalue weighted by molar-refractivity contribution is -0.141. The molecule has 1 saturated carbocycles. The highest BCUT2D eigenvalue weighted by molar-refractivity contribution is 7.89. The van der Waals surface area contributed by atoms with Crippen LogP contribution in [0.2, 0.25) is 0 Å². The molecule has 1 fully saturated rings. The van der Waals surface area contributed by atoms with Crippen molar-refractivity contribution in [2.24, 2.45) is 5.92 Å². The summed E-state index contributed by atoms with van der Waals surface area (Å²) in [7, 11) is -3.55. The highest BCUT2D eigenvalue weighted by Crippen LogP contribution is 2.26. The molecule has 25 heavy (non-hydrogen) atoms. The van der Waals surface area contributed by atoms with Crippen molar-refractivity contribution in [3.8, 4) is 0 Å². The number of aliphatic carboxylic acids is 1. The van der Waals surface area contributed by atoms with E-state index in [-0.39, 0.29) is 16.8 Å². The number of sulfonamides is 1. The van der Waals surface area contributed by atoms with Crippen molar-refractivity contribution in [3.05, 3.63) is 29.8 Å². The molecular formula is C17H24N2O5S. The largest absolute Gasteiger partial charge is 0.481 e. The molecule has 7 nitrogen and oxygen atoms in total. The van der Waals surface area contributed by atoms with Gasteiger partial charge in [0.2, 0.25) is 10.0 Å². The average Bonchev–Trinajstić information content (AvgIpc) is 3.04. The average molecular weight is 368 g/mol. The second-order valence-electron chi connectivity index (χ2n) is 6.13. The van der Waals surface area contributed by atoms with Gasteiger partial charge in [0.25, 0.3) is 5.91 Å². The molecule has 138 valence electrons. The van der Waals surface area contributed by atoms with Crippen molar-refractivity contribution < 1.29 is 23.1 Å². The van der Waals surface area contributed by atoms with E-state index in [1.54, 1.807) is 13.8 Å². The lowest BCUT2D eigenvalue weighted by Crippen LogP contribution is -2.33. The van der Waals surface area contributed by atoms with Crippen molar-refractivity contribution >= 4 is 21.9 Å². The van der Waals surface area contributed by atoms with Gasteiger partial charge < -0.3 is 10.4 Å². The summed E-state index contributed by atoms with van der Waals surface area (Å²) in [5.41, 5.74) is 0.359. The van der Waals surface area contributed by atoms with Crippen LogP contribution < -0.4 is 5.32 Å². The van der Waals surface area contributed by atoms with E-state index in [9.17, 15) is 18.0 Å². The summed E-state index contributed by atoms with van der Waals surface area (Å²) < 4.78 is 26.2. The lowest BCUT2D eigenvalue weighted by atomic mass is 10.1. The molecule has 1 aromatic rings. The summed E-state index contributed by atoms with van der Waals surface area (Å²) in [6.45, 7) is 4.31. The fourth-order valence-corrected chi connectivity index (χ4v) is 4.55. The fourth-order valence-electron chi connectivity index (χ4n) is 3.10. The van der Waals surface area contributed by atoms with Gasteiger partial charge in [0.05, 0.1) is 10.8 Å². The molecule has 2 rings (SSSR count). The van der Waals surface area contributed by atoms with E-state index in [1.807, 2.05) is 0 Å². The number of carbonyl (C=O) groups excluding carboxylic acids is 1. The quantitative estimate of drug-likeness (QED) is 0.762. The number of benzene rings is 1. The molecule has 0 unspecified atom stereocenters. The number of hydrogen-bond donors (Lipinski definition) is 2. The van der Waals surface area contributed by atoms with Gasteiger partial charge >= 0.3 is 5.97 Å². The van der Waals surface area contributed by atoms with Gasteiger partial charge in [0.15, 0.2) is 0 Å². The van der Waals surface area contributed by atoms with Crippen LogP contribution in [-0.4, -0.2) is 48.8 Å². The predicted molar refractivity (Wildman–Crippen MR) is 92.8 cm³/mol. The molecule has 0 radical (unpaired) electrons. The zero-order valence-electron chi connectivity index (χ0n) is 14.4. The summed E-state index contributed by atoms with van der Waals surface area (Å²) in [5.74, 6) is -1.56. The molecule has 0 spiro atoms. The van der Waals surface area contributed by atoms with E-state index in [2.05, 4.69) is 5.32 Å². The normalized spacial score (nSPS) is 20.6. The van der Waals surface area contributed by atoms with Crippen molar-refractivity contribution in [1.29, 1.82) is 0 Å². The number of carboxylic acids is 1. The number of nitrogens with one attached hydrogen (secondary N) is 1. The van der Waals surface area contributed by atoms with Crippen LogP contribution in [0.1, 0.15) is 43.5 Å². The summed E-state index contributed by atoms with van der Waals surface area (Å²) >= 11 is 0. The highest BCUT2D eigenvalue weighted by Gasteiger charge is 2.30. The van der Waals surface area contributed by atoms with E-state index in [0.717, 1.165) is 0 Å². The molecule has 1 amide bonds. The predicted octanol–water partition coefficient (Wildman–Crippen LogP) is 1.70. The zero-order chi connectivity index (χ0) is 18.6. The van der Waals surface area contributed by atoms with Crippen molar-refractivity contribution in [2.45, 2.75) is 44.0 Å². The minimum Gasteiger partial charge on any atom is -0.481 e. The Kier molecular flexibility index (Phi) is 6.18. The first-order chi connectivity index (χ1) is 11.8. The Morgan fingerprint density at radius 2 is 1.76 bits per heavy atom. The Hall–Kier alpha value is -1.93. The number of rotatable bonds is 7. The zero-order valence-corrected chi connectivity index (χ0v) is 15.3. The number of hydrogen-bond acceptors (Lipinski definition) is 4. The third kappa shape index (κ3) is 4.38. The molecule has 1 aliphatic rings. The third-order valence-corrected chi connectivity index (χ3v) is 6.64. The van der Waals surface area contributed by atoms with Gasteiger partial charge in [-0.2, -0.15) is 4.31 Å². The summed E-state index contributed by atoms with van der Waals surface area (Å²) in [4.78, 5) is 23.4.